The van der Waals surface area contributed by atoms with Crippen LogP contribution in [-0.4, -0.2) is 30.1 Å². The minimum absolute atomic E-state index is 0.00848. The minimum Gasteiger partial charge on any atom is -0.494 e. The van der Waals surface area contributed by atoms with Crippen LogP contribution < -0.4 is 10.1 Å². The summed E-state index contributed by atoms with van der Waals surface area (Å²) < 4.78 is 18.6. The number of amides is 1. The van der Waals surface area contributed by atoms with Crippen LogP contribution in [0.4, 0.5) is 4.39 Å². The molecule has 0 aliphatic heterocycles. The molecule has 1 aromatic carbocycles. The molecule has 104 valence electrons. The first-order chi connectivity index (χ1) is 8.95. The molecule has 0 spiro atoms. The fourth-order valence-electron chi connectivity index (χ4n) is 1.56. The molecule has 0 saturated carbocycles. The number of hydrogen-bond acceptors (Lipinski definition) is 3. The molecule has 5 nitrogen and oxygen atoms in total. The van der Waals surface area contributed by atoms with Crippen LogP contribution >= 0.6 is 0 Å². The molecule has 0 saturated heterocycles. The van der Waals surface area contributed by atoms with Gasteiger partial charge in [-0.25, -0.2) is 4.39 Å². The third-order valence-corrected chi connectivity index (χ3v) is 2.60. The quantitative estimate of drug-likeness (QED) is 0.826. The van der Waals surface area contributed by atoms with E-state index in [1.54, 1.807) is 6.92 Å². The summed E-state index contributed by atoms with van der Waals surface area (Å²) in [4.78, 5) is 22.2. The molecule has 0 radical (unpaired) electrons. The minimum atomic E-state index is -0.936. The van der Waals surface area contributed by atoms with E-state index in [1.807, 2.05) is 0 Å². The van der Waals surface area contributed by atoms with Gasteiger partial charge in [0.15, 0.2) is 11.6 Å². The maximum absolute atomic E-state index is 13.8. The summed E-state index contributed by atoms with van der Waals surface area (Å²) >= 11 is 0. The maximum atomic E-state index is 13.8. The molecular weight excluding hydrogens is 253 g/mol. The van der Waals surface area contributed by atoms with Gasteiger partial charge in [-0.3, -0.25) is 9.59 Å². The van der Waals surface area contributed by atoms with Crippen molar-refractivity contribution in [2.45, 2.75) is 25.8 Å². The number of carbonyl (C=O) groups excluding carboxylic acids is 1. The van der Waals surface area contributed by atoms with Crippen LogP contribution in [0.2, 0.25) is 0 Å². The van der Waals surface area contributed by atoms with E-state index in [9.17, 15) is 14.0 Å². The Morgan fingerprint density at radius 1 is 1.47 bits per heavy atom. The fourth-order valence-corrected chi connectivity index (χ4v) is 1.56. The van der Waals surface area contributed by atoms with Crippen LogP contribution in [0.25, 0.3) is 0 Å². The molecule has 1 unspecified atom stereocenters. The van der Waals surface area contributed by atoms with E-state index >= 15 is 0 Å². The summed E-state index contributed by atoms with van der Waals surface area (Å²) in [6.07, 6.45) is 0.231. The number of carbonyl (C=O) groups is 2. The van der Waals surface area contributed by atoms with Crippen LogP contribution in [-0.2, 0) is 4.79 Å². The van der Waals surface area contributed by atoms with Gasteiger partial charge in [0.1, 0.15) is 0 Å². The van der Waals surface area contributed by atoms with Gasteiger partial charge in [0.25, 0.3) is 5.91 Å². The number of carboxylic acid groups (broad SMARTS) is 1. The third-order valence-electron chi connectivity index (χ3n) is 2.60. The van der Waals surface area contributed by atoms with Crippen molar-refractivity contribution in [3.63, 3.8) is 0 Å². The Morgan fingerprint density at radius 2 is 2.16 bits per heavy atom. The molecule has 1 aromatic rings. The zero-order valence-electron chi connectivity index (χ0n) is 10.8. The van der Waals surface area contributed by atoms with Gasteiger partial charge >= 0.3 is 5.97 Å². The first-order valence-electron chi connectivity index (χ1n) is 5.81. The predicted octanol–water partition coefficient (Wildman–Crippen LogP) is 1.82. The molecule has 19 heavy (non-hydrogen) atoms. The second kappa shape index (κ2) is 6.72. The van der Waals surface area contributed by atoms with Crippen molar-refractivity contribution in [1.82, 2.24) is 5.32 Å². The molecule has 0 aliphatic rings. The van der Waals surface area contributed by atoms with Crippen LogP contribution in [0.3, 0.4) is 0 Å². The number of ether oxygens (including phenoxy) is 1. The Balaban J connectivity index is 2.70. The highest BCUT2D eigenvalue weighted by atomic mass is 19.1. The van der Waals surface area contributed by atoms with E-state index in [0.717, 1.165) is 0 Å². The zero-order valence-corrected chi connectivity index (χ0v) is 10.8. The van der Waals surface area contributed by atoms with E-state index in [1.165, 1.54) is 25.3 Å². The molecular formula is C13H16FNO4. The highest BCUT2D eigenvalue weighted by Gasteiger charge is 2.17. The number of carboxylic acids is 1. The second-order valence-corrected chi connectivity index (χ2v) is 4.13. The van der Waals surface area contributed by atoms with Crippen LogP contribution in [0.5, 0.6) is 5.75 Å². The van der Waals surface area contributed by atoms with Crippen molar-refractivity contribution in [2.75, 3.05) is 7.11 Å². The Bertz CT molecular complexity index is 476. The fraction of sp³-hybridized carbons (Fsp3) is 0.385. The summed E-state index contributed by atoms with van der Waals surface area (Å²) in [5.41, 5.74) is -0.124. The standard InChI is InChI=1S/C13H16FNO4/c1-8(6-7-11(16)17)15-13(18)9-4-3-5-10(19-2)12(9)14/h3-5,8H,6-7H2,1-2H3,(H,15,18)(H,16,17). The van der Waals surface area contributed by atoms with Gasteiger partial charge in [0.05, 0.1) is 12.7 Å². The van der Waals surface area contributed by atoms with Crippen molar-refractivity contribution >= 4 is 11.9 Å². The smallest absolute Gasteiger partial charge is 0.303 e. The number of aliphatic carboxylic acids is 1. The molecule has 6 heteroatoms. The largest absolute Gasteiger partial charge is 0.494 e. The normalized spacial score (nSPS) is 11.7. The topological polar surface area (TPSA) is 75.6 Å². The van der Waals surface area contributed by atoms with Gasteiger partial charge in [-0.2, -0.15) is 0 Å². The van der Waals surface area contributed by atoms with Crippen molar-refractivity contribution in [2.24, 2.45) is 0 Å². The SMILES string of the molecule is COc1cccc(C(=O)NC(C)CCC(=O)O)c1F. The number of methoxy groups -OCH3 is 1. The van der Waals surface area contributed by atoms with Gasteiger partial charge in [-0.1, -0.05) is 6.07 Å². The van der Waals surface area contributed by atoms with Gasteiger partial charge in [-0.05, 0) is 25.5 Å². The molecule has 0 aliphatic carbocycles. The number of benzene rings is 1. The molecule has 0 bridgehead atoms. The van der Waals surface area contributed by atoms with Crippen molar-refractivity contribution in [3.8, 4) is 5.75 Å². The summed E-state index contributed by atoms with van der Waals surface area (Å²) in [5, 5.41) is 11.1. The maximum Gasteiger partial charge on any atom is 0.303 e. The predicted molar refractivity (Wildman–Crippen MR) is 66.8 cm³/mol. The molecule has 1 rings (SSSR count). The third kappa shape index (κ3) is 4.24. The lowest BCUT2D eigenvalue weighted by atomic mass is 10.1. The average Bonchev–Trinajstić information content (AvgIpc) is 2.36. The molecule has 1 atom stereocenters. The van der Waals surface area contributed by atoms with E-state index < -0.39 is 17.7 Å². The van der Waals surface area contributed by atoms with Crippen molar-refractivity contribution in [1.29, 1.82) is 0 Å². The lowest BCUT2D eigenvalue weighted by Gasteiger charge is -2.13. The van der Waals surface area contributed by atoms with Crippen LogP contribution in [0.1, 0.15) is 30.1 Å². The average molecular weight is 269 g/mol. The molecule has 2 N–H and O–H groups in total. The van der Waals surface area contributed by atoms with Crippen LogP contribution in [0.15, 0.2) is 18.2 Å². The first kappa shape index (κ1) is 14.9. The van der Waals surface area contributed by atoms with E-state index in [4.69, 9.17) is 9.84 Å². The monoisotopic (exact) mass is 269 g/mol. The summed E-state index contributed by atoms with van der Waals surface area (Å²) in [7, 11) is 1.32. The first-order valence-corrected chi connectivity index (χ1v) is 5.81. The van der Waals surface area contributed by atoms with Crippen LogP contribution in [0, 0.1) is 5.82 Å². The Kier molecular flexibility index (Phi) is 5.29. The number of halogens is 1. The molecule has 0 aromatic heterocycles. The lowest BCUT2D eigenvalue weighted by molar-refractivity contribution is -0.137. The summed E-state index contributed by atoms with van der Waals surface area (Å²) in [6, 6.07) is 3.92. The Morgan fingerprint density at radius 3 is 2.74 bits per heavy atom. The number of nitrogens with one attached hydrogen (secondary N) is 1. The van der Waals surface area contributed by atoms with Gasteiger partial charge in [0, 0.05) is 12.5 Å². The second-order valence-electron chi connectivity index (χ2n) is 4.13. The van der Waals surface area contributed by atoms with Crippen molar-refractivity contribution < 1.29 is 23.8 Å². The van der Waals surface area contributed by atoms with E-state index in [2.05, 4.69) is 5.32 Å². The zero-order chi connectivity index (χ0) is 14.4. The number of hydrogen-bond donors (Lipinski definition) is 2. The molecule has 0 fully saturated rings. The van der Waals surface area contributed by atoms with Gasteiger partial charge in [-0.15, -0.1) is 0 Å². The Hall–Kier alpha value is -2.11. The molecule has 0 heterocycles. The lowest BCUT2D eigenvalue weighted by Crippen LogP contribution is -2.33. The number of rotatable bonds is 6. The molecule has 1 amide bonds. The summed E-state index contributed by atoms with van der Waals surface area (Å²) in [6.45, 7) is 1.67. The van der Waals surface area contributed by atoms with Crippen molar-refractivity contribution in [3.05, 3.63) is 29.6 Å². The highest BCUT2D eigenvalue weighted by molar-refractivity contribution is 5.95. The van der Waals surface area contributed by atoms with Gasteiger partial charge in [0.2, 0.25) is 0 Å². The summed E-state index contributed by atoms with van der Waals surface area (Å²) in [5.74, 6) is -2.26. The van der Waals surface area contributed by atoms with E-state index in [-0.39, 0.29) is 30.2 Å². The highest BCUT2D eigenvalue weighted by Crippen LogP contribution is 2.19. The van der Waals surface area contributed by atoms with E-state index in [0.29, 0.717) is 0 Å². The van der Waals surface area contributed by atoms with Gasteiger partial charge < -0.3 is 15.2 Å². The Labute approximate surface area is 110 Å².